The minimum Gasteiger partial charge on any atom is -0.348 e. The molecule has 1 fully saturated rings. The molecule has 0 aliphatic carbocycles. The van der Waals surface area contributed by atoms with Gasteiger partial charge in [0.2, 0.25) is 0 Å². The van der Waals surface area contributed by atoms with Crippen molar-refractivity contribution in [2.45, 2.75) is 59.2 Å². The van der Waals surface area contributed by atoms with Gasteiger partial charge in [-0.1, -0.05) is 0 Å². The second-order valence-electron chi connectivity index (χ2n) is 11.5. The van der Waals surface area contributed by atoms with Crippen LogP contribution in [-0.2, 0) is 13.6 Å². The molecule has 40 heavy (non-hydrogen) atoms. The molecule has 9 nitrogen and oxygen atoms in total. The fraction of sp³-hybridized carbons (Fsp3) is 0.452. The fourth-order valence-corrected chi connectivity index (χ4v) is 6.25. The summed E-state index contributed by atoms with van der Waals surface area (Å²) in [5, 5.41) is 7.38. The van der Waals surface area contributed by atoms with E-state index < -0.39 is 0 Å². The van der Waals surface area contributed by atoms with Crippen molar-refractivity contribution in [2.24, 2.45) is 7.05 Å². The second-order valence-corrected chi connectivity index (χ2v) is 11.5. The van der Waals surface area contributed by atoms with Gasteiger partial charge in [0.15, 0.2) is 0 Å². The van der Waals surface area contributed by atoms with E-state index in [0.717, 1.165) is 65.2 Å². The number of amides is 1. The van der Waals surface area contributed by atoms with E-state index in [4.69, 9.17) is 0 Å². The highest BCUT2D eigenvalue weighted by atomic mass is 16.1. The molecule has 0 saturated carbocycles. The number of hydrogen-bond donors (Lipinski definition) is 2. The molecule has 0 radical (unpaired) electrons. The Morgan fingerprint density at radius 2 is 1.90 bits per heavy atom. The predicted octanol–water partition coefficient (Wildman–Crippen LogP) is 3.97. The Hall–Kier alpha value is -3.69. The molecule has 0 aromatic carbocycles. The number of nitrogens with one attached hydrogen (secondary N) is 2. The van der Waals surface area contributed by atoms with E-state index in [9.17, 15) is 9.59 Å². The molecule has 0 spiro atoms. The number of carbonyl (C=O) groups is 1. The van der Waals surface area contributed by atoms with E-state index in [2.05, 4.69) is 62.9 Å². The lowest BCUT2D eigenvalue weighted by Crippen LogP contribution is -2.43. The smallest absolute Gasteiger partial charge is 0.253 e. The quantitative estimate of drug-likeness (QED) is 0.368. The van der Waals surface area contributed by atoms with Gasteiger partial charge >= 0.3 is 0 Å². The SMILES string of the molecule is Cc1cc(C)c(CNC(=O)c2cc3cc(-c4ccnn4C)cn3c(C(C)N3CCC(N(C)C)CC3)c2C)c(=O)[nH]1. The Balaban J connectivity index is 1.53. The molecule has 1 atom stereocenters. The average molecular weight is 544 g/mol. The normalized spacial score (nSPS) is 15.7. The number of likely N-dealkylation sites (tertiary alicyclic amines) is 1. The van der Waals surface area contributed by atoms with Crippen LogP contribution in [0.5, 0.6) is 0 Å². The first-order valence-corrected chi connectivity index (χ1v) is 14.1. The molecular weight excluding hydrogens is 502 g/mol. The van der Waals surface area contributed by atoms with Crippen LogP contribution >= 0.6 is 0 Å². The van der Waals surface area contributed by atoms with E-state index in [-0.39, 0.29) is 24.1 Å². The monoisotopic (exact) mass is 543 g/mol. The summed E-state index contributed by atoms with van der Waals surface area (Å²) in [6, 6.07) is 8.73. The molecule has 212 valence electrons. The van der Waals surface area contributed by atoms with E-state index in [1.54, 1.807) is 6.20 Å². The van der Waals surface area contributed by atoms with Crippen LogP contribution in [0.15, 0.2) is 41.5 Å². The number of aryl methyl sites for hydroxylation is 3. The fourth-order valence-electron chi connectivity index (χ4n) is 6.25. The van der Waals surface area contributed by atoms with Crippen molar-refractivity contribution in [3.05, 3.63) is 80.7 Å². The van der Waals surface area contributed by atoms with Crippen LogP contribution in [0.4, 0.5) is 0 Å². The van der Waals surface area contributed by atoms with Gasteiger partial charge in [-0.05, 0) is 90.0 Å². The summed E-state index contributed by atoms with van der Waals surface area (Å²) in [6.07, 6.45) is 6.20. The highest BCUT2D eigenvalue weighted by Gasteiger charge is 2.28. The first-order chi connectivity index (χ1) is 19.0. The van der Waals surface area contributed by atoms with Gasteiger partial charge in [-0.25, -0.2) is 0 Å². The molecule has 5 heterocycles. The van der Waals surface area contributed by atoms with Gasteiger partial charge < -0.3 is 19.6 Å². The summed E-state index contributed by atoms with van der Waals surface area (Å²) in [6.45, 7) is 10.2. The number of carbonyl (C=O) groups excluding carboxylic acids is 1. The molecule has 4 aromatic heterocycles. The van der Waals surface area contributed by atoms with E-state index in [1.807, 2.05) is 50.7 Å². The molecule has 1 unspecified atom stereocenters. The lowest BCUT2D eigenvalue weighted by atomic mass is 9.97. The van der Waals surface area contributed by atoms with Gasteiger partial charge in [-0.2, -0.15) is 5.10 Å². The van der Waals surface area contributed by atoms with Crippen molar-refractivity contribution in [3.8, 4) is 11.3 Å². The zero-order chi connectivity index (χ0) is 28.7. The number of piperidine rings is 1. The summed E-state index contributed by atoms with van der Waals surface area (Å²) in [5.74, 6) is -0.178. The number of fused-ring (bicyclic) bond motifs is 1. The third-order valence-electron chi connectivity index (χ3n) is 8.64. The Morgan fingerprint density at radius 3 is 2.52 bits per heavy atom. The van der Waals surface area contributed by atoms with Crippen molar-refractivity contribution < 1.29 is 4.79 Å². The zero-order valence-corrected chi connectivity index (χ0v) is 24.7. The van der Waals surface area contributed by atoms with Crippen LogP contribution in [-0.4, -0.2) is 68.1 Å². The highest BCUT2D eigenvalue weighted by molar-refractivity contribution is 5.97. The lowest BCUT2D eigenvalue weighted by molar-refractivity contribution is 0.0948. The molecule has 4 aromatic rings. The largest absolute Gasteiger partial charge is 0.348 e. The zero-order valence-electron chi connectivity index (χ0n) is 24.7. The first kappa shape index (κ1) is 27.9. The molecule has 1 aliphatic heterocycles. The number of pyridine rings is 2. The Bertz CT molecular complexity index is 1600. The average Bonchev–Trinajstić information content (AvgIpc) is 3.52. The second kappa shape index (κ2) is 11.1. The van der Waals surface area contributed by atoms with E-state index in [0.29, 0.717) is 17.2 Å². The number of aromatic amines is 1. The van der Waals surface area contributed by atoms with Gasteiger partial charge in [0.05, 0.1) is 5.69 Å². The minimum atomic E-state index is -0.178. The molecule has 9 heteroatoms. The number of nitrogens with zero attached hydrogens (tertiary/aromatic N) is 5. The van der Waals surface area contributed by atoms with Gasteiger partial charge in [-0.15, -0.1) is 0 Å². The van der Waals surface area contributed by atoms with Crippen molar-refractivity contribution in [2.75, 3.05) is 27.2 Å². The number of H-pyrrole nitrogens is 1. The maximum atomic E-state index is 13.7. The maximum absolute atomic E-state index is 13.7. The Labute approximate surface area is 235 Å². The van der Waals surface area contributed by atoms with Gasteiger partial charge in [0.25, 0.3) is 11.5 Å². The van der Waals surface area contributed by atoms with Crippen molar-refractivity contribution in [1.29, 1.82) is 0 Å². The van der Waals surface area contributed by atoms with Crippen LogP contribution in [0.3, 0.4) is 0 Å². The van der Waals surface area contributed by atoms with Crippen molar-refractivity contribution in [3.63, 3.8) is 0 Å². The molecule has 1 amide bonds. The number of hydrogen-bond acceptors (Lipinski definition) is 5. The molecule has 1 aliphatic rings. The van der Waals surface area contributed by atoms with Crippen LogP contribution in [0.2, 0.25) is 0 Å². The summed E-state index contributed by atoms with van der Waals surface area (Å²) >= 11 is 0. The summed E-state index contributed by atoms with van der Waals surface area (Å²) < 4.78 is 4.11. The maximum Gasteiger partial charge on any atom is 0.253 e. The third kappa shape index (κ3) is 5.23. The minimum absolute atomic E-state index is 0.118. The van der Waals surface area contributed by atoms with Gasteiger partial charge in [0.1, 0.15) is 0 Å². The van der Waals surface area contributed by atoms with Crippen molar-refractivity contribution >= 4 is 11.4 Å². The molecule has 0 bridgehead atoms. The van der Waals surface area contributed by atoms with E-state index >= 15 is 0 Å². The highest BCUT2D eigenvalue weighted by Crippen LogP contribution is 2.33. The summed E-state index contributed by atoms with van der Waals surface area (Å²) in [7, 11) is 6.26. The topological polar surface area (TPSA) is 90.7 Å². The molecule has 5 rings (SSSR count). The van der Waals surface area contributed by atoms with Crippen LogP contribution in [0.25, 0.3) is 16.8 Å². The molecular formula is C31H41N7O2. The van der Waals surface area contributed by atoms with Crippen LogP contribution in [0.1, 0.15) is 64.2 Å². The Morgan fingerprint density at radius 1 is 1.18 bits per heavy atom. The standard InChI is InChI=1S/C31H41N7O2/c1-19-14-20(2)34-31(40)27(19)17-32-30(39)26-16-25-15-23(28-8-11-33-36(28)7)18-38(25)29(21(26)3)22(4)37-12-9-24(10-13-37)35(5)6/h8,11,14-16,18,22,24H,9-10,12-13,17H2,1-7H3,(H,32,39)(H,34,40). The number of aromatic nitrogens is 4. The van der Waals surface area contributed by atoms with Gasteiger partial charge in [-0.3, -0.25) is 19.2 Å². The van der Waals surface area contributed by atoms with Crippen LogP contribution in [0, 0.1) is 20.8 Å². The molecule has 2 N–H and O–H groups in total. The van der Waals surface area contributed by atoms with Gasteiger partial charge in [0, 0.05) is 84.8 Å². The third-order valence-corrected chi connectivity index (χ3v) is 8.64. The van der Waals surface area contributed by atoms with E-state index in [1.165, 1.54) is 0 Å². The number of rotatable bonds is 7. The summed E-state index contributed by atoms with van der Waals surface area (Å²) in [5.41, 5.74) is 7.84. The first-order valence-electron chi connectivity index (χ1n) is 14.1. The molecule has 1 saturated heterocycles. The van der Waals surface area contributed by atoms with Crippen LogP contribution < -0.4 is 10.9 Å². The lowest BCUT2D eigenvalue weighted by Gasteiger charge is -2.39. The predicted molar refractivity (Wildman–Crippen MR) is 159 cm³/mol. The Kier molecular flexibility index (Phi) is 7.70. The van der Waals surface area contributed by atoms with Crippen molar-refractivity contribution in [1.82, 2.24) is 34.3 Å². The summed E-state index contributed by atoms with van der Waals surface area (Å²) in [4.78, 5) is 33.9.